The van der Waals surface area contributed by atoms with Crippen molar-refractivity contribution in [3.63, 3.8) is 0 Å². The SMILES string of the molecule is CC1(C)CO[P+]([O-])(C2C(SC(C)(C)C)CCS2=O)OC1. The summed E-state index contributed by atoms with van der Waals surface area (Å²) in [6.07, 6.45) is 0.819. The van der Waals surface area contributed by atoms with E-state index in [0.717, 1.165) is 6.42 Å². The molecule has 3 atom stereocenters. The molecule has 20 heavy (non-hydrogen) atoms. The Balaban J connectivity index is 2.14. The second kappa shape index (κ2) is 5.78. The summed E-state index contributed by atoms with van der Waals surface area (Å²) in [5.74, 6) is 0.596. The molecule has 4 nitrogen and oxygen atoms in total. The highest BCUT2D eigenvalue weighted by molar-refractivity contribution is 8.04. The first-order valence-corrected chi connectivity index (χ1v) is 10.8. The molecule has 3 unspecified atom stereocenters. The van der Waals surface area contributed by atoms with E-state index in [4.69, 9.17) is 9.05 Å². The van der Waals surface area contributed by atoms with Gasteiger partial charge in [0.15, 0.2) is 0 Å². The number of hydrogen-bond acceptors (Lipinski definition) is 5. The van der Waals surface area contributed by atoms with Crippen molar-refractivity contribution in [1.29, 1.82) is 0 Å². The molecule has 7 heteroatoms. The minimum atomic E-state index is -3.26. The first kappa shape index (κ1) is 17.2. The van der Waals surface area contributed by atoms with Gasteiger partial charge < -0.3 is 4.89 Å². The van der Waals surface area contributed by atoms with Crippen LogP contribution in [0.25, 0.3) is 0 Å². The Hall–Kier alpha value is 0.810. The predicted octanol–water partition coefficient (Wildman–Crippen LogP) is 2.56. The first-order chi connectivity index (χ1) is 9.03. The maximum absolute atomic E-state index is 13.0. The van der Waals surface area contributed by atoms with Gasteiger partial charge in [-0.15, -0.1) is 11.8 Å². The fraction of sp³-hybridized carbons (Fsp3) is 1.00. The lowest BCUT2D eigenvalue weighted by Gasteiger charge is -2.42. The Kier molecular flexibility index (Phi) is 4.97. The normalized spacial score (nSPS) is 37.0. The van der Waals surface area contributed by atoms with Crippen molar-refractivity contribution >= 4 is 30.5 Å². The molecule has 0 aromatic rings. The lowest BCUT2D eigenvalue weighted by molar-refractivity contribution is -0.234. The smallest absolute Gasteiger partial charge is 0.254 e. The molecule has 0 saturated carbocycles. The molecule has 2 aliphatic rings. The van der Waals surface area contributed by atoms with Crippen molar-refractivity contribution in [1.82, 2.24) is 0 Å². The zero-order valence-corrected chi connectivity index (χ0v) is 15.4. The van der Waals surface area contributed by atoms with Crippen molar-refractivity contribution in [2.45, 2.75) is 56.0 Å². The van der Waals surface area contributed by atoms with Crippen molar-refractivity contribution in [2.24, 2.45) is 5.41 Å². The van der Waals surface area contributed by atoms with Gasteiger partial charge in [-0.05, 0) is 6.42 Å². The molecule has 2 heterocycles. The third kappa shape index (κ3) is 3.96. The van der Waals surface area contributed by atoms with Gasteiger partial charge in [0.1, 0.15) is 13.2 Å². The Morgan fingerprint density at radius 2 is 1.85 bits per heavy atom. The van der Waals surface area contributed by atoms with E-state index in [2.05, 4.69) is 20.8 Å². The number of rotatable bonds is 2. The molecule has 0 amide bonds. The highest BCUT2D eigenvalue weighted by atomic mass is 32.2. The molecular weight excluding hydrogens is 315 g/mol. The summed E-state index contributed by atoms with van der Waals surface area (Å²) >= 11 is 1.74. The van der Waals surface area contributed by atoms with E-state index >= 15 is 0 Å². The van der Waals surface area contributed by atoms with Crippen molar-refractivity contribution in [3.05, 3.63) is 0 Å². The lowest BCUT2D eigenvalue weighted by atomic mass is 9.97. The third-order valence-corrected chi connectivity index (χ3v) is 10.1. The van der Waals surface area contributed by atoms with E-state index in [-0.39, 0.29) is 15.4 Å². The summed E-state index contributed by atoms with van der Waals surface area (Å²) in [6.45, 7) is 11.2. The predicted molar refractivity (Wildman–Crippen MR) is 85.2 cm³/mol. The molecule has 2 rings (SSSR count). The van der Waals surface area contributed by atoms with Crippen molar-refractivity contribution in [3.8, 4) is 0 Å². The molecule has 0 bridgehead atoms. The average Bonchev–Trinajstić information content (AvgIpc) is 2.63. The fourth-order valence-electron chi connectivity index (χ4n) is 2.34. The second-order valence-corrected chi connectivity index (χ2v) is 13.5. The van der Waals surface area contributed by atoms with E-state index in [9.17, 15) is 9.10 Å². The Morgan fingerprint density at radius 3 is 2.35 bits per heavy atom. The van der Waals surface area contributed by atoms with E-state index in [1.807, 2.05) is 13.8 Å². The number of hydrogen-bond donors (Lipinski definition) is 0. The minimum Gasteiger partial charge on any atom is -0.630 e. The zero-order chi connectivity index (χ0) is 15.2. The van der Waals surface area contributed by atoms with Crippen LogP contribution in [0.3, 0.4) is 0 Å². The van der Waals surface area contributed by atoms with E-state index < -0.39 is 23.7 Å². The van der Waals surface area contributed by atoms with Gasteiger partial charge in [0.2, 0.25) is 4.99 Å². The highest BCUT2D eigenvalue weighted by Gasteiger charge is 2.57. The molecule has 2 fully saturated rings. The molecule has 2 aliphatic heterocycles. The monoisotopic (exact) mass is 340 g/mol. The van der Waals surface area contributed by atoms with Crippen LogP contribution in [-0.2, 0) is 19.8 Å². The largest absolute Gasteiger partial charge is 0.630 e. The molecule has 118 valence electrons. The summed E-state index contributed by atoms with van der Waals surface area (Å²) in [5.41, 5.74) is -0.124. The van der Waals surface area contributed by atoms with Gasteiger partial charge >= 0.3 is 0 Å². The zero-order valence-electron chi connectivity index (χ0n) is 12.9. The molecule has 0 N–H and O–H groups in total. The lowest BCUT2D eigenvalue weighted by Crippen LogP contribution is -2.42. The van der Waals surface area contributed by atoms with Crippen LogP contribution in [0.4, 0.5) is 0 Å². The van der Waals surface area contributed by atoms with E-state index in [0.29, 0.717) is 19.0 Å². The maximum atomic E-state index is 13.0. The van der Waals surface area contributed by atoms with Gasteiger partial charge in [-0.3, -0.25) is 4.21 Å². The fourth-order valence-corrected chi connectivity index (χ4v) is 9.94. The minimum absolute atomic E-state index is 0.0473. The molecular formula is C13H25O4PS2. The summed E-state index contributed by atoms with van der Waals surface area (Å²) in [7, 11) is -4.38. The number of thioether (sulfide) groups is 1. The van der Waals surface area contributed by atoms with Crippen LogP contribution >= 0.6 is 19.7 Å². The standard InChI is InChI=1S/C13H25O4PS2/c1-12(2,3)19-10-6-7-20(15)11(10)18(14)16-8-13(4,5)9-17-18/h10-11H,6-9H2,1-5H3. The van der Waals surface area contributed by atoms with Crippen molar-refractivity contribution < 1.29 is 18.1 Å². The molecule has 0 aromatic carbocycles. The summed E-state index contributed by atoms with van der Waals surface area (Å²) in [5, 5.41) is 0.0860. The van der Waals surface area contributed by atoms with Crippen LogP contribution in [0.1, 0.15) is 41.0 Å². The molecule has 0 radical (unpaired) electrons. The van der Waals surface area contributed by atoms with E-state index in [1.165, 1.54) is 0 Å². The Morgan fingerprint density at radius 1 is 1.30 bits per heavy atom. The average molecular weight is 340 g/mol. The van der Waals surface area contributed by atoms with Gasteiger partial charge in [-0.2, -0.15) is 0 Å². The van der Waals surface area contributed by atoms with Crippen LogP contribution < -0.4 is 4.89 Å². The van der Waals surface area contributed by atoms with Gasteiger partial charge in [0, 0.05) is 15.9 Å². The van der Waals surface area contributed by atoms with Crippen LogP contribution in [0, 0.1) is 5.41 Å². The van der Waals surface area contributed by atoms with Gasteiger partial charge in [-0.1, -0.05) is 34.6 Å². The second-order valence-electron chi connectivity index (χ2n) is 7.28. The molecule has 0 aromatic heterocycles. The molecule has 0 aliphatic carbocycles. The summed E-state index contributed by atoms with van der Waals surface area (Å²) in [4.78, 5) is 12.5. The first-order valence-electron chi connectivity index (χ1n) is 6.96. The van der Waals surface area contributed by atoms with E-state index in [1.54, 1.807) is 11.8 Å². The van der Waals surface area contributed by atoms with Crippen LogP contribution in [0.5, 0.6) is 0 Å². The topological polar surface area (TPSA) is 58.6 Å². The summed E-state index contributed by atoms with van der Waals surface area (Å²) in [6, 6.07) is 0. The maximum Gasteiger partial charge on any atom is 0.254 e. The van der Waals surface area contributed by atoms with Crippen LogP contribution in [0.2, 0.25) is 0 Å². The van der Waals surface area contributed by atoms with Crippen LogP contribution in [-0.4, -0.2) is 38.2 Å². The van der Waals surface area contributed by atoms with Crippen LogP contribution in [0.15, 0.2) is 0 Å². The summed E-state index contributed by atoms with van der Waals surface area (Å²) < 4.78 is 23.6. The Bertz CT molecular complexity index is 384. The highest BCUT2D eigenvalue weighted by Crippen LogP contribution is 2.66. The molecule has 0 spiro atoms. The quantitative estimate of drug-likeness (QED) is 0.723. The van der Waals surface area contributed by atoms with Gasteiger partial charge in [-0.25, -0.2) is 9.05 Å². The molecule has 2 saturated heterocycles. The van der Waals surface area contributed by atoms with Crippen molar-refractivity contribution in [2.75, 3.05) is 19.0 Å². The van der Waals surface area contributed by atoms with Gasteiger partial charge in [0.25, 0.3) is 7.94 Å². The van der Waals surface area contributed by atoms with Gasteiger partial charge in [0.05, 0.1) is 16.0 Å². The Labute approximate surface area is 129 Å². The third-order valence-electron chi connectivity index (χ3n) is 3.28.